The Bertz CT molecular complexity index is 562. The quantitative estimate of drug-likeness (QED) is 0.612. The van der Waals surface area contributed by atoms with Gasteiger partial charge in [-0.3, -0.25) is 9.59 Å². The number of aromatic hydroxyl groups is 1. The van der Waals surface area contributed by atoms with Gasteiger partial charge in [-0.15, -0.1) is 0 Å². The Morgan fingerprint density at radius 1 is 1.30 bits per heavy atom. The minimum absolute atomic E-state index is 0.0338. The molecule has 0 saturated carbocycles. The zero-order valence-electron chi connectivity index (χ0n) is 10.5. The maximum absolute atomic E-state index is 12.5. The molecule has 5 nitrogen and oxygen atoms in total. The highest BCUT2D eigenvalue weighted by Crippen LogP contribution is 2.29. The molecule has 108 valence electrons. The first-order valence-corrected chi connectivity index (χ1v) is 8.26. The van der Waals surface area contributed by atoms with Gasteiger partial charge in [-0.1, -0.05) is 0 Å². The van der Waals surface area contributed by atoms with Crippen molar-refractivity contribution in [1.82, 2.24) is 4.90 Å². The molecule has 1 aliphatic rings. The summed E-state index contributed by atoms with van der Waals surface area (Å²) >= 11 is 4.06. The zero-order valence-corrected chi connectivity index (χ0v) is 14.8. The molecule has 0 radical (unpaired) electrons. The molecule has 0 aromatic heterocycles. The highest BCUT2D eigenvalue weighted by Gasteiger charge is 2.30. The van der Waals surface area contributed by atoms with E-state index in [2.05, 4.69) is 22.6 Å². The van der Waals surface area contributed by atoms with Crippen LogP contribution in [0.15, 0.2) is 12.1 Å². The largest absolute Gasteiger partial charge is 0.506 e. The van der Waals surface area contributed by atoms with Crippen LogP contribution >= 0.6 is 45.2 Å². The maximum Gasteiger partial charge on any atom is 0.308 e. The second-order valence-electron chi connectivity index (χ2n) is 4.71. The van der Waals surface area contributed by atoms with Gasteiger partial charge in [-0.25, -0.2) is 0 Å². The molecule has 2 rings (SSSR count). The molecular formula is C13H13I2NO4. The molecule has 1 aromatic carbocycles. The molecule has 1 heterocycles. The molecule has 1 aromatic rings. The van der Waals surface area contributed by atoms with Gasteiger partial charge in [-0.2, -0.15) is 0 Å². The van der Waals surface area contributed by atoms with Crippen LogP contribution in [0.3, 0.4) is 0 Å². The van der Waals surface area contributed by atoms with Crippen molar-refractivity contribution in [3.8, 4) is 5.75 Å². The zero-order chi connectivity index (χ0) is 14.9. The Kier molecular flexibility index (Phi) is 5.10. The first kappa shape index (κ1) is 15.8. The van der Waals surface area contributed by atoms with E-state index >= 15 is 0 Å². The lowest BCUT2D eigenvalue weighted by Gasteiger charge is -2.31. The van der Waals surface area contributed by atoms with Crippen LogP contribution in [0.4, 0.5) is 0 Å². The number of phenols is 1. The van der Waals surface area contributed by atoms with Gasteiger partial charge < -0.3 is 15.1 Å². The van der Waals surface area contributed by atoms with Crippen LogP contribution in [0.1, 0.15) is 23.2 Å². The molecule has 1 unspecified atom stereocenters. The standard InChI is InChI=1S/C13H13I2NO4/c14-8-4-9(11(17)10(15)5-8)12(18)16-3-1-2-7(6-16)13(19)20/h4-5,7,17H,1-3,6H2,(H,19,20). The number of piperidine rings is 1. The SMILES string of the molecule is O=C(O)C1CCCN(C(=O)c2cc(I)cc(I)c2O)C1. The second-order valence-corrected chi connectivity index (χ2v) is 7.12. The predicted molar refractivity (Wildman–Crippen MR) is 89.8 cm³/mol. The molecule has 7 heteroatoms. The van der Waals surface area contributed by atoms with Crippen molar-refractivity contribution in [2.45, 2.75) is 12.8 Å². The minimum atomic E-state index is -0.871. The number of hydrogen-bond donors (Lipinski definition) is 2. The van der Waals surface area contributed by atoms with Crippen molar-refractivity contribution in [1.29, 1.82) is 0 Å². The van der Waals surface area contributed by atoms with Gasteiger partial charge in [0.1, 0.15) is 5.75 Å². The first-order valence-electron chi connectivity index (χ1n) is 6.10. The highest BCUT2D eigenvalue weighted by atomic mass is 127. The molecule has 0 bridgehead atoms. The Labute approximate surface area is 143 Å². The van der Waals surface area contributed by atoms with Gasteiger partial charge in [0.05, 0.1) is 15.1 Å². The van der Waals surface area contributed by atoms with E-state index in [-0.39, 0.29) is 23.8 Å². The van der Waals surface area contributed by atoms with E-state index in [1.54, 1.807) is 12.1 Å². The molecule has 0 spiro atoms. The minimum Gasteiger partial charge on any atom is -0.506 e. The number of nitrogens with zero attached hydrogens (tertiary/aromatic N) is 1. The molecule has 1 atom stereocenters. The predicted octanol–water partition coefficient (Wildman–Crippen LogP) is 2.54. The number of phenolic OH excluding ortho intramolecular Hbond substituents is 1. The normalized spacial score (nSPS) is 18.9. The van der Waals surface area contributed by atoms with E-state index in [0.29, 0.717) is 23.0 Å². The summed E-state index contributed by atoms with van der Waals surface area (Å²) in [6.07, 6.45) is 1.26. The summed E-state index contributed by atoms with van der Waals surface area (Å²) < 4.78 is 1.48. The van der Waals surface area contributed by atoms with E-state index in [1.165, 1.54) is 4.90 Å². The van der Waals surface area contributed by atoms with Crippen LogP contribution in [-0.2, 0) is 4.79 Å². The van der Waals surface area contributed by atoms with Gasteiger partial charge in [0.2, 0.25) is 0 Å². The summed E-state index contributed by atoms with van der Waals surface area (Å²) in [5.41, 5.74) is 0.243. The average Bonchev–Trinajstić information content (AvgIpc) is 2.42. The fourth-order valence-electron chi connectivity index (χ4n) is 2.26. The Morgan fingerprint density at radius 3 is 2.65 bits per heavy atom. The van der Waals surface area contributed by atoms with Gasteiger partial charge in [-0.05, 0) is 70.2 Å². The van der Waals surface area contributed by atoms with E-state index in [0.717, 1.165) is 3.57 Å². The van der Waals surface area contributed by atoms with Gasteiger partial charge in [0.15, 0.2) is 0 Å². The summed E-state index contributed by atoms with van der Waals surface area (Å²) in [5.74, 6) is -1.72. The number of aliphatic carboxylic acids is 1. The molecule has 20 heavy (non-hydrogen) atoms. The Morgan fingerprint density at radius 2 is 2.00 bits per heavy atom. The lowest BCUT2D eigenvalue weighted by atomic mass is 9.97. The topological polar surface area (TPSA) is 77.8 Å². The first-order chi connectivity index (χ1) is 9.40. The highest BCUT2D eigenvalue weighted by molar-refractivity contribution is 14.1. The molecular weight excluding hydrogens is 488 g/mol. The molecule has 0 aliphatic carbocycles. The van der Waals surface area contributed by atoms with E-state index in [1.807, 2.05) is 22.6 Å². The Balaban J connectivity index is 2.25. The van der Waals surface area contributed by atoms with Crippen molar-refractivity contribution in [2.24, 2.45) is 5.92 Å². The number of carboxylic acids is 1. The average molecular weight is 501 g/mol. The number of hydrogen-bond acceptors (Lipinski definition) is 3. The Hall–Kier alpha value is -0.580. The van der Waals surface area contributed by atoms with Crippen molar-refractivity contribution in [2.75, 3.05) is 13.1 Å². The molecule has 2 N–H and O–H groups in total. The fourth-order valence-corrected chi connectivity index (χ4v) is 4.11. The third-order valence-corrected chi connectivity index (χ3v) is 4.76. The van der Waals surface area contributed by atoms with Crippen molar-refractivity contribution < 1.29 is 19.8 Å². The van der Waals surface area contributed by atoms with Crippen LogP contribution in [0.5, 0.6) is 5.75 Å². The molecule has 1 fully saturated rings. The van der Waals surface area contributed by atoms with Crippen molar-refractivity contribution in [3.63, 3.8) is 0 Å². The number of likely N-dealkylation sites (tertiary alicyclic amines) is 1. The summed E-state index contributed by atoms with van der Waals surface area (Å²) in [4.78, 5) is 25.0. The summed E-state index contributed by atoms with van der Waals surface area (Å²) in [6.45, 7) is 0.736. The van der Waals surface area contributed by atoms with E-state index in [4.69, 9.17) is 5.11 Å². The number of benzene rings is 1. The smallest absolute Gasteiger partial charge is 0.308 e. The van der Waals surface area contributed by atoms with Crippen LogP contribution in [0.25, 0.3) is 0 Å². The number of carbonyl (C=O) groups is 2. The number of rotatable bonds is 2. The van der Waals surface area contributed by atoms with E-state index in [9.17, 15) is 14.7 Å². The van der Waals surface area contributed by atoms with Gasteiger partial charge in [0.25, 0.3) is 5.91 Å². The maximum atomic E-state index is 12.5. The third-order valence-electron chi connectivity index (χ3n) is 3.32. The van der Waals surface area contributed by atoms with Crippen molar-refractivity contribution >= 4 is 57.1 Å². The molecule has 1 amide bonds. The summed E-state index contributed by atoms with van der Waals surface area (Å²) in [6, 6.07) is 3.41. The number of amides is 1. The van der Waals surface area contributed by atoms with Gasteiger partial charge in [0, 0.05) is 16.7 Å². The van der Waals surface area contributed by atoms with Crippen LogP contribution in [0, 0.1) is 13.1 Å². The summed E-state index contributed by atoms with van der Waals surface area (Å²) in [7, 11) is 0. The summed E-state index contributed by atoms with van der Waals surface area (Å²) in [5, 5.41) is 19.1. The third kappa shape index (κ3) is 3.35. The monoisotopic (exact) mass is 501 g/mol. The van der Waals surface area contributed by atoms with Crippen LogP contribution in [-0.4, -0.2) is 40.1 Å². The van der Waals surface area contributed by atoms with Crippen molar-refractivity contribution in [3.05, 3.63) is 24.8 Å². The lowest BCUT2D eigenvalue weighted by Crippen LogP contribution is -2.42. The number of carboxylic acid groups (broad SMARTS) is 1. The number of carbonyl (C=O) groups excluding carboxylic acids is 1. The van der Waals surface area contributed by atoms with Gasteiger partial charge >= 0.3 is 5.97 Å². The second kappa shape index (κ2) is 6.46. The van der Waals surface area contributed by atoms with Crippen LogP contribution < -0.4 is 0 Å². The molecule has 1 saturated heterocycles. The van der Waals surface area contributed by atoms with E-state index < -0.39 is 11.9 Å². The van der Waals surface area contributed by atoms with Crippen LogP contribution in [0.2, 0.25) is 0 Å². The lowest BCUT2D eigenvalue weighted by molar-refractivity contribution is -0.143. The molecule has 1 aliphatic heterocycles. The fraction of sp³-hybridized carbons (Fsp3) is 0.385. The number of halogens is 2.